The molecule has 0 spiro atoms. The maximum Gasteiger partial charge on any atom is 0.324 e. The van der Waals surface area contributed by atoms with Crippen LogP contribution in [0.2, 0.25) is 10.0 Å². The van der Waals surface area contributed by atoms with Gasteiger partial charge in [0.2, 0.25) is 5.82 Å². The number of benzene rings is 1. The van der Waals surface area contributed by atoms with Gasteiger partial charge in [-0.2, -0.15) is 4.98 Å². The van der Waals surface area contributed by atoms with Gasteiger partial charge >= 0.3 is 6.01 Å². The summed E-state index contributed by atoms with van der Waals surface area (Å²) < 4.78 is 5.43. The maximum absolute atomic E-state index is 6.04. The van der Waals surface area contributed by atoms with E-state index in [9.17, 15) is 0 Å². The van der Waals surface area contributed by atoms with Crippen molar-refractivity contribution in [1.82, 2.24) is 20.1 Å². The third-order valence-corrected chi connectivity index (χ3v) is 4.61. The molecule has 1 aliphatic heterocycles. The van der Waals surface area contributed by atoms with Crippen LogP contribution in [-0.2, 0) is 0 Å². The Bertz CT molecular complexity index is 903. The van der Waals surface area contributed by atoms with Gasteiger partial charge in [0.1, 0.15) is 11.6 Å². The Morgan fingerprint density at radius 3 is 2.35 bits per heavy atom. The molecule has 0 atom stereocenters. The van der Waals surface area contributed by atoms with Gasteiger partial charge in [0.05, 0.1) is 0 Å². The molecule has 0 bridgehead atoms. The molecule has 0 aliphatic carbocycles. The first-order chi connectivity index (χ1) is 12.6. The number of piperazine rings is 1. The number of aryl methyl sites for hydroxylation is 1. The zero-order chi connectivity index (χ0) is 18.1. The summed E-state index contributed by atoms with van der Waals surface area (Å²) in [7, 11) is 0. The molecule has 1 aliphatic rings. The molecule has 0 radical (unpaired) electrons. The Labute approximate surface area is 160 Å². The van der Waals surface area contributed by atoms with Crippen LogP contribution < -0.4 is 9.80 Å². The first-order valence-corrected chi connectivity index (χ1v) is 8.94. The highest BCUT2D eigenvalue weighted by Crippen LogP contribution is 2.27. The van der Waals surface area contributed by atoms with Crippen LogP contribution >= 0.6 is 23.2 Å². The van der Waals surface area contributed by atoms with E-state index in [-0.39, 0.29) is 0 Å². The summed E-state index contributed by atoms with van der Waals surface area (Å²) in [4.78, 5) is 17.4. The van der Waals surface area contributed by atoms with E-state index in [1.165, 1.54) is 0 Å². The monoisotopic (exact) mass is 390 g/mol. The summed E-state index contributed by atoms with van der Waals surface area (Å²) >= 11 is 12.1. The van der Waals surface area contributed by atoms with Crippen molar-refractivity contribution in [2.45, 2.75) is 6.92 Å². The fourth-order valence-corrected chi connectivity index (χ4v) is 3.42. The van der Waals surface area contributed by atoms with E-state index in [4.69, 9.17) is 27.7 Å². The van der Waals surface area contributed by atoms with Gasteiger partial charge in [-0.1, -0.05) is 28.4 Å². The summed E-state index contributed by atoms with van der Waals surface area (Å²) in [5, 5.41) is 5.12. The minimum atomic E-state index is 0.471. The largest absolute Gasteiger partial charge is 0.353 e. The normalized spacial score (nSPS) is 14.7. The quantitative estimate of drug-likeness (QED) is 0.677. The van der Waals surface area contributed by atoms with Crippen molar-refractivity contribution in [3.8, 4) is 11.4 Å². The van der Waals surface area contributed by atoms with E-state index in [0.29, 0.717) is 21.9 Å². The number of aromatic nitrogens is 4. The molecule has 9 heteroatoms. The molecule has 7 nitrogen and oxygen atoms in total. The lowest BCUT2D eigenvalue weighted by Crippen LogP contribution is -2.47. The van der Waals surface area contributed by atoms with Crippen LogP contribution in [0.4, 0.5) is 11.8 Å². The number of rotatable bonds is 3. The maximum atomic E-state index is 6.04. The fraction of sp³-hybridized carbons (Fsp3) is 0.294. The molecule has 0 amide bonds. The van der Waals surface area contributed by atoms with E-state index in [0.717, 1.165) is 43.4 Å². The predicted octanol–water partition coefficient (Wildman–Crippen LogP) is 3.47. The molecular formula is C17H16Cl2N6O. The van der Waals surface area contributed by atoms with Crippen molar-refractivity contribution in [2.75, 3.05) is 36.0 Å². The van der Waals surface area contributed by atoms with Crippen molar-refractivity contribution in [3.05, 3.63) is 46.3 Å². The minimum Gasteiger partial charge on any atom is -0.353 e. The Balaban J connectivity index is 1.46. The minimum absolute atomic E-state index is 0.471. The lowest BCUT2D eigenvalue weighted by atomic mass is 10.2. The van der Waals surface area contributed by atoms with Crippen molar-refractivity contribution < 1.29 is 4.52 Å². The highest BCUT2D eigenvalue weighted by molar-refractivity contribution is 6.35. The zero-order valence-electron chi connectivity index (χ0n) is 14.1. The van der Waals surface area contributed by atoms with Crippen LogP contribution in [0.3, 0.4) is 0 Å². The summed E-state index contributed by atoms with van der Waals surface area (Å²) in [5.41, 5.74) is 0.729. The van der Waals surface area contributed by atoms with Gasteiger partial charge in [-0.25, -0.2) is 9.97 Å². The van der Waals surface area contributed by atoms with Crippen LogP contribution in [0.5, 0.6) is 0 Å². The number of hydrogen-bond acceptors (Lipinski definition) is 7. The first-order valence-electron chi connectivity index (χ1n) is 8.18. The zero-order valence-corrected chi connectivity index (χ0v) is 15.6. The van der Waals surface area contributed by atoms with E-state index in [2.05, 4.69) is 29.9 Å². The Morgan fingerprint density at radius 2 is 1.65 bits per heavy atom. The first kappa shape index (κ1) is 17.1. The summed E-state index contributed by atoms with van der Waals surface area (Å²) in [6, 6.07) is 7.61. The van der Waals surface area contributed by atoms with Gasteiger partial charge in [-0.05, 0) is 31.2 Å². The molecule has 3 aromatic rings. The number of halogens is 2. The molecule has 26 heavy (non-hydrogen) atoms. The average molecular weight is 391 g/mol. The average Bonchev–Trinajstić information content (AvgIpc) is 3.11. The van der Waals surface area contributed by atoms with Gasteiger partial charge < -0.3 is 14.3 Å². The van der Waals surface area contributed by atoms with Crippen LogP contribution in [0.15, 0.2) is 35.0 Å². The number of nitrogens with zero attached hydrogens (tertiary/aromatic N) is 6. The third kappa shape index (κ3) is 3.59. The Kier molecular flexibility index (Phi) is 4.65. The molecule has 134 valence electrons. The topological polar surface area (TPSA) is 71.2 Å². The second-order valence-electron chi connectivity index (χ2n) is 5.99. The van der Waals surface area contributed by atoms with Crippen molar-refractivity contribution in [3.63, 3.8) is 0 Å². The van der Waals surface area contributed by atoms with E-state index < -0.39 is 0 Å². The molecule has 0 saturated carbocycles. The number of anilines is 2. The Hall–Kier alpha value is -2.38. The van der Waals surface area contributed by atoms with Crippen LogP contribution in [0, 0.1) is 6.92 Å². The molecule has 1 saturated heterocycles. The molecule has 4 rings (SSSR count). The van der Waals surface area contributed by atoms with Crippen molar-refractivity contribution in [2.24, 2.45) is 0 Å². The third-order valence-electron chi connectivity index (χ3n) is 4.17. The molecule has 1 fully saturated rings. The van der Waals surface area contributed by atoms with E-state index >= 15 is 0 Å². The lowest BCUT2D eigenvalue weighted by molar-refractivity contribution is 0.409. The van der Waals surface area contributed by atoms with Crippen molar-refractivity contribution >= 4 is 35.0 Å². The molecule has 0 unspecified atom stereocenters. The predicted molar refractivity (Wildman–Crippen MR) is 101 cm³/mol. The van der Waals surface area contributed by atoms with Crippen LogP contribution in [0.1, 0.15) is 5.82 Å². The van der Waals surface area contributed by atoms with Gasteiger partial charge in [-0.15, -0.1) is 0 Å². The second kappa shape index (κ2) is 7.09. The molecule has 0 N–H and O–H groups in total. The van der Waals surface area contributed by atoms with E-state index in [1.54, 1.807) is 24.4 Å². The summed E-state index contributed by atoms with van der Waals surface area (Å²) in [6.07, 6.45) is 1.78. The fourth-order valence-electron chi connectivity index (χ4n) is 2.89. The molecule has 2 aromatic heterocycles. The van der Waals surface area contributed by atoms with Crippen molar-refractivity contribution in [1.29, 1.82) is 0 Å². The van der Waals surface area contributed by atoms with Crippen LogP contribution in [-0.4, -0.2) is 46.3 Å². The molecule has 1 aromatic carbocycles. The van der Waals surface area contributed by atoms with Gasteiger partial charge in [-0.3, -0.25) is 0 Å². The number of hydrogen-bond donors (Lipinski definition) is 0. The van der Waals surface area contributed by atoms with E-state index in [1.807, 2.05) is 13.0 Å². The van der Waals surface area contributed by atoms with Gasteiger partial charge in [0.15, 0.2) is 0 Å². The summed E-state index contributed by atoms with van der Waals surface area (Å²) in [5.74, 6) is 2.18. The molecule has 3 heterocycles. The smallest absolute Gasteiger partial charge is 0.324 e. The highest BCUT2D eigenvalue weighted by atomic mass is 35.5. The molecular weight excluding hydrogens is 375 g/mol. The van der Waals surface area contributed by atoms with Crippen LogP contribution in [0.25, 0.3) is 11.4 Å². The summed E-state index contributed by atoms with van der Waals surface area (Å²) in [6.45, 7) is 5.05. The van der Waals surface area contributed by atoms with Gasteiger partial charge in [0.25, 0.3) is 0 Å². The van der Waals surface area contributed by atoms with Gasteiger partial charge in [0, 0.05) is 48.0 Å². The Morgan fingerprint density at radius 1 is 0.962 bits per heavy atom. The SMILES string of the molecule is Cc1nccc(N2CCN(c3nc(-c4cc(Cl)cc(Cl)c4)no3)CC2)n1. The lowest BCUT2D eigenvalue weighted by Gasteiger charge is -2.34. The highest BCUT2D eigenvalue weighted by Gasteiger charge is 2.23. The second-order valence-corrected chi connectivity index (χ2v) is 6.87. The standard InChI is InChI=1S/C17H16Cl2N6O/c1-11-20-3-2-15(21-11)24-4-6-25(7-5-24)17-22-16(23-26-17)12-8-13(18)10-14(19)9-12/h2-3,8-10H,4-7H2,1H3.